The molecule has 0 spiro atoms. The summed E-state index contributed by atoms with van der Waals surface area (Å²) in [5.74, 6) is 1.78. The smallest absolute Gasteiger partial charge is 0.242 e. The summed E-state index contributed by atoms with van der Waals surface area (Å²) < 4.78 is 11.9. The van der Waals surface area contributed by atoms with Crippen molar-refractivity contribution in [2.24, 2.45) is 23.7 Å². The molecule has 8 atom stereocenters. The molecule has 3 amide bonds. The van der Waals surface area contributed by atoms with Crippen LogP contribution in [0.25, 0.3) is 0 Å². The minimum atomic E-state index is -0.592. The molecule has 2 aliphatic heterocycles. The van der Waals surface area contributed by atoms with E-state index < -0.39 is 6.04 Å². The van der Waals surface area contributed by atoms with Gasteiger partial charge < -0.3 is 36.1 Å². The van der Waals surface area contributed by atoms with Gasteiger partial charge in [0.15, 0.2) is 0 Å². The van der Waals surface area contributed by atoms with Crippen molar-refractivity contribution in [1.82, 2.24) is 26.6 Å². The van der Waals surface area contributed by atoms with E-state index in [0.29, 0.717) is 49.8 Å². The molecule has 5 unspecified atom stereocenters. The van der Waals surface area contributed by atoms with Crippen LogP contribution in [0.15, 0.2) is 0 Å². The molecule has 2 saturated heterocycles. The number of rotatable bonds is 10. The van der Waals surface area contributed by atoms with Crippen molar-refractivity contribution in [2.75, 3.05) is 39.9 Å². The second-order valence-corrected chi connectivity index (χ2v) is 16.0. The van der Waals surface area contributed by atoms with Crippen LogP contribution in [0.2, 0.25) is 0 Å². The number of nitrogens with one attached hydrogen (secondary N) is 5. The van der Waals surface area contributed by atoms with Gasteiger partial charge in [-0.1, -0.05) is 57.8 Å². The maximum Gasteiger partial charge on any atom is 0.242 e. The maximum atomic E-state index is 14.1. The average molecular weight is 674 g/mol. The Labute approximate surface area is 290 Å². The third-order valence-electron chi connectivity index (χ3n) is 12.1. The van der Waals surface area contributed by atoms with E-state index in [1.54, 1.807) is 7.11 Å². The Morgan fingerprint density at radius 2 is 1.54 bits per heavy atom. The summed E-state index contributed by atoms with van der Waals surface area (Å²) in [7, 11) is 1.59. The molecule has 4 bridgehead atoms. The van der Waals surface area contributed by atoms with Crippen molar-refractivity contribution in [1.29, 1.82) is 0 Å². The van der Waals surface area contributed by atoms with Crippen molar-refractivity contribution in [3.05, 3.63) is 0 Å². The molecule has 10 nitrogen and oxygen atoms in total. The van der Waals surface area contributed by atoms with Gasteiger partial charge in [-0.3, -0.25) is 14.4 Å². The van der Waals surface area contributed by atoms with E-state index in [1.807, 2.05) is 0 Å². The summed E-state index contributed by atoms with van der Waals surface area (Å²) in [6, 6.07) is -1.01. The molecule has 5 fully saturated rings. The second-order valence-electron chi connectivity index (χ2n) is 16.0. The summed E-state index contributed by atoms with van der Waals surface area (Å²) >= 11 is 0. The van der Waals surface area contributed by atoms with Gasteiger partial charge in [0.1, 0.15) is 6.04 Å². The number of ether oxygens (including phenoxy) is 2. The van der Waals surface area contributed by atoms with Crippen LogP contribution in [-0.4, -0.2) is 88.0 Å². The van der Waals surface area contributed by atoms with E-state index in [0.717, 1.165) is 96.6 Å². The first-order chi connectivity index (χ1) is 23.4. The first kappa shape index (κ1) is 37.5. The van der Waals surface area contributed by atoms with Crippen molar-refractivity contribution in [2.45, 2.75) is 159 Å². The van der Waals surface area contributed by atoms with Crippen LogP contribution in [0, 0.1) is 23.7 Å². The number of piperidine rings is 1. The monoisotopic (exact) mass is 674 g/mol. The molecule has 0 aromatic carbocycles. The first-order valence-electron chi connectivity index (χ1n) is 19.9. The van der Waals surface area contributed by atoms with Gasteiger partial charge in [0.05, 0.1) is 24.9 Å². The molecular formula is C38H67N5O5. The Balaban J connectivity index is 1.33. The quantitative estimate of drug-likeness (QED) is 0.233. The highest BCUT2D eigenvalue weighted by atomic mass is 16.5. The van der Waals surface area contributed by atoms with E-state index >= 15 is 0 Å². The summed E-state index contributed by atoms with van der Waals surface area (Å²) in [5, 5.41) is 16.9. The Hall–Kier alpha value is -1.75. The molecule has 5 rings (SSSR count). The molecule has 5 aliphatic rings. The van der Waals surface area contributed by atoms with Crippen molar-refractivity contribution >= 4 is 17.7 Å². The van der Waals surface area contributed by atoms with Gasteiger partial charge in [0.25, 0.3) is 0 Å². The molecule has 274 valence electrons. The minimum Gasteiger partial charge on any atom is -0.384 e. The van der Waals surface area contributed by atoms with Gasteiger partial charge in [0.2, 0.25) is 17.7 Å². The fourth-order valence-electron chi connectivity index (χ4n) is 9.26. The molecule has 5 N–H and O–H groups in total. The molecule has 0 aromatic rings. The summed E-state index contributed by atoms with van der Waals surface area (Å²) in [4.78, 5) is 40.9. The van der Waals surface area contributed by atoms with Gasteiger partial charge >= 0.3 is 0 Å². The molecule has 48 heavy (non-hydrogen) atoms. The maximum absolute atomic E-state index is 14.1. The van der Waals surface area contributed by atoms with Crippen molar-refractivity contribution in [3.63, 3.8) is 0 Å². The van der Waals surface area contributed by atoms with Crippen LogP contribution in [0.5, 0.6) is 0 Å². The topological polar surface area (TPSA) is 130 Å². The van der Waals surface area contributed by atoms with E-state index in [4.69, 9.17) is 9.47 Å². The zero-order chi connectivity index (χ0) is 33.6. The molecule has 3 aliphatic carbocycles. The lowest BCUT2D eigenvalue weighted by Crippen LogP contribution is -2.55. The van der Waals surface area contributed by atoms with Crippen LogP contribution in [0.3, 0.4) is 0 Å². The third-order valence-corrected chi connectivity index (χ3v) is 12.1. The highest BCUT2D eigenvalue weighted by Crippen LogP contribution is 2.35. The lowest BCUT2D eigenvalue weighted by molar-refractivity contribution is -0.130. The van der Waals surface area contributed by atoms with Gasteiger partial charge in [0, 0.05) is 32.7 Å². The zero-order valence-electron chi connectivity index (χ0n) is 29.9. The van der Waals surface area contributed by atoms with E-state index in [9.17, 15) is 14.4 Å². The van der Waals surface area contributed by atoms with Crippen molar-refractivity contribution < 1.29 is 23.9 Å². The Bertz CT molecular complexity index is 987. The highest BCUT2D eigenvalue weighted by molar-refractivity contribution is 5.88. The standard InChI is InChI=1S/C38H67N5O5/c1-47-19-17-36(44)43-35-23-29-11-6-14-33(21-29)48-32-13-5-10-28(20-32)22-34(37(45)41-25-30-12-7-18-39-24-30)40-26-31(42-38(35)46)16-15-27-8-3-2-4-9-27/h27-35,39-40H,2-26H2,1H3,(H,41,45)(H,42,46)(H,43,44)/t28?,29?,30?,31-,32?,33?,34-,35-/m0/s1. The van der Waals surface area contributed by atoms with E-state index in [1.165, 1.54) is 32.1 Å². The number of carbonyl (C=O) groups is 3. The Morgan fingerprint density at radius 1 is 0.812 bits per heavy atom. The molecule has 0 aromatic heterocycles. The predicted octanol–water partition coefficient (Wildman–Crippen LogP) is 4.36. The van der Waals surface area contributed by atoms with Crippen LogP contribution < -0.4 is 26.6 Å². The number of hydrogen-bond donors (Lipinski definition) is 5. The SMILES string of the molecule is COCCC(=O)N[C@H]1CC2CCCC(C2)OC2CCCC(C2)C[C@@H](C(=O)NCC2CCCNC2)NC[C@H](CCC2CCCCC2)NC1=O. The van der Waals surface area contributed by atoms with Crippen LogP contribution in [0.1, 0.15) is 128 Å². The third kappa shape index (κ3) is 12.5. The van der Waals surface area contributed by atoms with Gasteiger partial charge in [-0.15, -0.1) is 0 Å². The molecule has 3 saturated carbocycles. The highest BCUT2D eigenvalue weighted by Gasteiger charge is 2.35. The fraction of sp³-hybridized carbons (Fsp3) is 0.921. The number of hydrogen-bond acceptors (Lipinski definition) is 7. The van der Waals surface area contributed by atoms with E-state index in [2.05, 4.69) is 26.6 Å². The van der Waals surface area contributed by atoms with E-state index in [-0.39, 0.29) is 48.4 Å². The molecular weight excluding hydrogens is 606 g/mol. The molecule has 2 heterocycles. The van der Waals surface area contributed by atoms with Crippen LogP contribution >= 0.6 is 0 Å². The number of fused-ring (bicyclic) bond motifs is 4. The Morgan fingerprint density at radius 3 is 2.25 bits per heavy atom. The fourth-order valence-corrected chi connectivity index (χ4v) is 9.26. The lowest BCUT2D eigenvalue weighted by atomic mass is 9.81. The zero-order valence-corrected chi connectivity index (χ0v) is 29.9. The first-order valence-corrected chi connectivity index (χ1v) is 19.9. The predicted molar refractivity (Wildman–Crippen MR) is 188 cm³/mol. The Kier molecular flexibility index (Phi) is 15.8. The number of carbonyl (C=O) groups excluding carboxylic acids is 3. The minimum absolute atomic E-state index is 0.0838. The van der Waals surface area contributed by atoms with Gasteiger partial charge in [-0.25, -0.2) is 0 Å². The summed E-state index contributed by atoms with van der Waals surface area (Å²) in [5.41, 5.74) is 0. The van der Waals surface area contributed by atoms with Crippen molar-refractivity contribution in [3.8, 4) is 0 Å². The summed E-state index contributed by atoms with van der Waals surface area (Å²) in [6.07, 6.45) is 21.3. The van der Waals surface area contributed by atoms with Crippen LogP contribution in [0.4, 0.5) is 0 Å². The largest absolute Gasteiger partial charge is 0.384 e. The second kappa shape index (κ2) is 20.2. The molecule has 0 radical (unpaired) electrons. The average Bonchev–Trinajstić information content (AvgIpc) is 3.10. The number of methoxy groups -OCH3 is 1. The summed E-state index contributed by atoms with van der Waals surface area (Å²) in [6.45, 7) is 3.60. The van der Waals surface area contributed by atoms with Gasteiger partial charge in [-0.05, 0) is 101 Å². The number of amides is 3. The van der Waals surface area contributed by atoms with Crippen LogP contribution in [-0.2, 0) is 23.9 Å². The van der Waals surface area contributed by atoms with Gasteiger partial charge in [-0.2, -0.15) is 0 Å². The molecule has 10 heteroatoms. The lowest BCUT2D eigenvalue weighted by Gasteiger charge is -2.38. The normalized spacial score (nSPS) is 34.5.